The number of hydrogen-bond acceptors (Lipinski definition) is 2. The van der Waals surface area contributed by atoms with Gasteiger partial charge in [-0.05, 0) is 25.0 Å². The van der Waals surface area contributed by atoms with Crippen molar-refractivity contribution < 1.29 is 4.79 Å². The molecule has 1 amide bonds. The molecule has 14 heavy (non-hydrogen) atoms. The van der Waals surface area contributed by atoms with E-state index in [-0.39, 0.29) is 0 Å². The Bertz CT molecular complexity index is 170. The SMILES string of the molecule is O=C(CCCCCl)N1CCCSCC1. The Morgan fingerprint density at radius 3 is 2.93 bits per heavy atom. The fourth-order valence-corrected chi connectivity index (χ4v) is 2.60. The summed E-state index contributed by atoms with van der Waals surface area (Å²) in [7, 11) is 0. The van der Waals surface area contributed by atoms with Crippen LogP contribution in [0.4, 0.5) is 0 Å². The van der Waals surface area contributed by atoms with Crippen LogP contribution in [0.25, 0.3) is 0 Å². The van der Waals surface area contributed by atoms with Gasteiger partial charge in [0.1, 0.15) is 0 Å². The number of amides is 1. The summed E-state index contributed by atoms with van der Waals surface area (Å²) >= 11 is 7.52. The fourth-order valence-electron chi connectivity index (χ4n) is 1.52. The van der Waals surface area contributed by atoms with Gasteiger partial charge in [-0.1, -0.05) is 0 Å². The van der Waals surface area contributed by atoms with Gasteiger partial charge in [0.15, 0.2) is 0 Å². The third kappa shape index (κ3) is 4.56. The molecule has 2 nitrogen and oxygen atoms in total. The highest BCUT2D eigenvalue weighted by molar-refractivity contribution is 7.99. The zero-order chi connectivity index (χ0) is 10.2. The maximum atomic E-state index is 11.7. The van der Waals surface area contributed by atoms with Gasteiger partial charge in [0.05, 0.1) is 0 Å². The maximum Gasteiger partial charge on any atom is 0.222 e. The molecule has 0 aliphatic carbocycles. The molecule has 0 N–H and O–H groups in total. The van der Waals surface area contributed by atoms with Crippen molar-refractivity contribution in [1.82, 2.24) is 4.90 Å². The predicted molar refractivity (Wildman–Crippen MR) is 63.1 cm³/mol. The van der Waals surface area contributed by atoms with Gasteiger partial charge in [0.2, 0.25) is 5.91 Å². The van der Waals surface area contributed by atoms with Crippen LogP contribution in [-0.2, 0) is 4.79 Å². The van der Waals surface area contributed by atoms with Crippen LogP contribution in [-0.4, -0.2) is 41.3 Å². The Morgan fingerprint density at radius 2 is 2.14 bits per heavy atom. The van der Waals surface area contributed by atoms with Crippen LogP contribution in [0.2, 0.25) is 0 Å². The van der Waals surface area contributed by atoms with Crippen molar-refractivity contribution in [3.63, 3.8) is 0 Å². The first-order valence-corrected chi connectivity index (χ1v) is 6.95. The molecule has 1 aliphatic heterocycles. The zero-order valence-electron chi connectivity index (χ0n) is 8.51. The molecule has 0 radical (unpaired) electrons. The van der Waals surface area contributed by atoms with Crippen molar-refractivity contribution in [3.8, 4) is 0 Å². The molecule has 0 aromatic rings. The van der Waals surface area contributed by atoms with Gasteiger partial charge < -0.3 is 4.90 Å². The minimum absolute atomic E-state index is 0.317. The summed E-state index contributed by atoms with van der Waals surface area (Å²) in [5.74, 6) is 3.29. The van der Waals surface area contributed by atoms with Gasteiger partial charge >= 0.3 is 0 Å². The summed E-state index contributed by atoms with van der Waals surface area (Å²) in [6.07, 6.45) is 3.71. The van der Waals surface area contributed by atoms with E-state index in [2.05, 4.69) is 0 Å². The van der Waals surface area contributed by atoms with Crippen LogP contribution < -0.4 is 0 Å². The number of nitrogens with zero attached hydrogens (tertiary/aromatic N) is 1. The summed E-state index contributed by atoms with van der Waals surface area (Å²) in [6.45, 7) is 1.89. The number of carbonyl (C=O) groups excluding carboxylic acids is 1. The molecule has 1 aliphatic rings. The van der Waals surface area contributed by atoms with E-state index < -0.39 is 0 Å². The van der Waals surface area contributed by atoms with Crippen LogP contribution in [0.5, 0.6) is 0 Å². The average molecular weight is 236 g/mol. The highest BCUT2D eigenvalue weighted by atomic mass is 35.5. The van der Waals surface area contributed by atoms with Crippen LogP contribution in [0.1, 0.15) is 25.7 Å². The molecule has 1 saturated heterocycles. The van der Waals surface area contributed by atoms with Crippen LogP contribution >= 0.6 is 23.4 Å². The first kappa shape index (κ1) is 12.2. The summed E-state index contributed by atoms with van der Waals surface area (Å²) in [5.41, 5.74) is 0. The Morgan fingerprint density at radius 1 is 1.29 bits per heavy atom. The van der Waals surface area contributed by atoms with E-state index >= 15 is 0 Å². The molecule has 82 valence electrons. The Kier molecular flexibility index (Phi) is 6.45. The molecule has 0 spiro atoms. The van der Waals surface area contributed by atoms with Gasteiger partial charge in [0.25, 0.3) is 0 Å². The quantitative estimate of drug-likeness (QED) is 0.551. The predicted octanol–water partition coefficient (Wildman–Crippen LogP) is 2.36. The van der Waals surface area contributed by atoms with Crippen molar-refractivity contribution in [3.05, 3.63) is 0 Å². The standard InChI is InChI=1S/C10H18ClNOS/c11-5-2-1-4-10(13)12-6-3-8-14-9-7-12/h1-9H2. The molecule has 0 bridgehead atoms. The second kappa shape index (κ2) is 7.41. The van der Waals surface area contributed by atoms with Crippen LogP contribution in [0.3, 0.4) is 0 Å². The highest BCUT2D eigenvalue weighted by Crippen LogP contribution is 2.11. The van der Waals surface area contributed by atoms with E-state index in [1.54, 1.807) is 0 Å². The first-order valence-electron chi connectivity index (χ1n) is 5.26. The molecule has 1 heterocycles. The van der Waals surface area contributed by atoms with E-state index in [0.29, 0.717) is 18.2 Å². The van der Waals surface area contributed by atoms with E-state index in [4.69, 9.17) is 11.6 Å². The summed E-state index contributed by atoms with van der Waals surface area (Å²) in [4.78, 5) is 13.7. The topological polar surface area (TPSA) is 20.3 Å². The third-order valence-electron chi connectivity index (χ3n) is 2.35. The smallest absolute Gasteiger partial charge is 0.222 e. The van der Waals surface area contributed by atoms with Crippen LogP contribution in [0.15, 0.2) is 0 Å². The van der Waals surface area contributed by atoms with Gasteiger partial charge in [-0.3, -0.25) is 4.79 Å². The fraction of sp³-hybridized carbons (Fsp3) is 0.900. The maximum absolute atomic E-state index is 11.7. The third-order valence-corrected chi connectivity index (χ3v) is 3.67. The second-order valence-electron chi connectivity index (χ2n) is 3.49. The lowest BCUT2D eigenvalue weighted by Gasteiger charge is -2.19. The van der Waals surface area contributed by atoms with Crippen molar-refractivity contribution in [2.24, 2.45) is 0 Å². The van der Waals surface area contributed by atoms with Crippen molar-refractivity contribution in [1.29, 1.82) is 0 Å². The summed E-state index contributed by atoms with van der Waals surface area (Å²) in [6, 6.07) is 0. The molecule has 1 fully saturated rings. The Hall–Kier alpha value is 0.110. The van der Waals surface area contributed by atoms with E-state index in [0.717, 1.165) is 38.1 Å². The first-order chi connectivity index (χ1) is 6.84. The number of thioether (sulfide) groups is 1. The lowest BCUT2D eigenvalue weighted by atomic mass is 10.2. The molecular weight excluding hydrogens is 218 g/mol. The number of rotatable bonds is 4. The van der Waals surface area contributed by atoms with Gasteiger partial charge in [-0.25, -0.2) is 0 Å². The van der Waals surface area contributed by atoms with E-state index in [9.17, 15) is 4.79 Å². The second-order valence-corrected chi connectivity index (χ2v) is 5.10. The van der Waals surface area contributed by atoms with Crippen molar-refractivity contribution in [2.45, 2.75) is 25.7 Å². The minimum Gasteiger partial charge on any atom is -0.342 e. The van der Waals surface area contributed by atoms with Gasteiger partial charge in [-0.2, -0.15) is 11.8 Å². The molecule has 0 saturated carbocycles. The lowest BCUT2D eigenvalue weighted by molar-refractivity contribution is -0.131. The molecule has 0 aromatic heterocycles. The largest absolute Gasteiger partial charge is 0.342 e. The van der Waals surface area contributed by atoms with Gasteiger partial charge in [0, 0.05) is 31.1 Å². The number of hydrogen-bond donors (Lipinski definition) is 0. The molecule has 1 rings (SSSR count). The van der Waals surface area contributed by atoms with Crippen molar-refractivity contribution >= 4 is 29.3 Å². The molecule has 0 atom stereocenters. The molecular formula is C10H18ClNOS. The average Bonchev–Trinajstić information content (AvgIpc) is 2.46. The minimum atomic E-state index is 0.317. The zero-order valence-corrected chi connectivity index (χ0v) is 10.1. The lowest BCUT2D eigenvalue weighted by Crippen LogP contribution is -2.32. The monoisotopic (exact) mass is 235 g/mol. The van der Waals surface area contributed by atoms with Gasteiger partial charge in [-0.15, -0.1) is 11.6 Å². The number of alkyl halides is 1. The summed E-state index contributed by atoms with van der Waals surface area (Å²) < 4.78 is 0. The van der Waals surface area contributed by atoms with Crippen molar-refractivity contribution in [2.75, 3.05) is 30.5 Å². The molecule has 0 aromatic carbocycles. The number of unbranched alkanes of at least 4 members (excludes halogenated alkanes) is 1. The van der Waals surface area contributed by atoms with E-state index in [1.165, 1.54) is 5.75 Å². The Balaban J connectivity index is 2.20. The normalized spacial score (nSPS) is 17.9. The van der Waals surface area contributed by atoms with Crippen LogP contribution in [0, 0.1) is 0 Å². The summed E-state index contributed by atoms with van der Waals surface area (Å²) in [5, 5.41) is 0. The highest BCUT2D eigenvalue weighted by Gasteiger charge is 2.14. The molecule has 4 heteroatoms. The molecule has 0 unspecified atom stereocenters. The number of carbonyl (C=O) groups is 1. The number of halogens is 1. The Labute approximate surface area is 95.4 Å². The van der Waals surface area contributed by atoms with E-state index in [1.807, 2.05) is 16.7 Å².